The van der Waals surface area contributed by atoms with Gasteiger partial charge in [0.2, 0.25) is 0 Å². The predicted octanol–water partition coefficient (Wildman–Crippen LogP) is 2.02. The predicted molar refractivity (Wildman–Crippen MR) is 149 cm³/mol. The van der Waals surface area contributed by atoms with E-state index >= 15 is 0 Å². The van der Waals surface area contributed by atoms with Crippen molar-refractivity contribution in [2.45, 2.75) is 76.6 Å². The van der Waals surface area contributed by atoms with E-state index in [2.05, 4.69) is 50.0 Å². The number of hydrogen-bond acceptors (Lipinski definition) is 7. The third-order valence-electron chi connectivity index (χ3n) is 7.47. The van der Waals surface area contributed by atoms with Crippen LogP contribution in [0.2, 0.25) is 5.04 Å². The molecule has 2 fully saturated rings. The molecule has 5 rings (SSSR count). The second-order valence-electron chi connectivity index (χ2n) is 11.6. The molecule has 0 bridgehead atoms. The van der Waals surface area contributed by atoms with Gasteiger partial charge in [0.15, 0.2) is 12.0 Å². The van der Waals surface area contributed by atoms with Crippen molar-refractivity contribution in [2.75, 3.05) is 6.61 Å². The first-order valence-electron chi connectivity index (χ1n) is 13.2. The van der Waals surface area contributed by atoms with Crippen molar-refractivity contribution in [3.8, 4) is 0 Å². The van der Waals surface area contributed by atoms with Crippen LogP contribution in [0.1, 0.15) is 46.5 Å². The van der Waals surface area contributed by atoms with Gasteiger partial charge in [-0.05, 0) is 29.3 Å². The number of aliphatic hydroxyl groups excluding tert-OH is 1. The molecule has 3 aromatic rings. The van der Waals surface area contributed by atoms with E-state index < -0.39 is 49.9 Å². The maximum absolute atomic E-state index is 13.3. The van der Waals surface area contributed by atoms with Crippen molar-refractivity contribution >= 4 is 18.7 Å². The highest BCUT2D eigenvalue weighted by atomic mass is 28.4. The van der Waals surface area contributed by atoms with Crippen LogP contribution >= 0.6 is 0 Å². The molecule has 0 aliphatic carbocycles. The molecule has 0 amide bonds. The number of fused-ring (bicyclic) bond motifs is 1. The number of ether oxygens (including phenoxy) is 3. The fourth-order valence-electron chi connectivity index (χ4n) is 5.90. The Balaban J connectivity index is 1.60. The molecule has 1 aromatic heterocycles. The smallest absolute Gasteiger partial charge is 0.330 e. The van der Waals surface area contributed by atoms with E-state index in [-0.39, 0.29) is 18.3 Å². The molecule has 39 heavy (non-hydrogen) atoms. The topological polar surface area (TPSA) is 112 Å². The summed E-state index contributed by atoms with van der Waals surface area (Å²) < 4.78 is 26.6. The minimum absolute atomic E-state index is 0.0161. The minimum Gasteiger partial charge on any atom is -0.402 e. The van der Waals surface area contributed by atoms with Crippen LogP contribution in [0, 0.1) is 0 Å². The number of aromatic amines is 1. The van der Waals surface area contributed by atoms with Crippen molar-refractivity contribution in [1.82, 2.24) is 9.55 Å². The van der Waals surface area contributed by atoms with Gasteiger partial charge in [0.1, 0.15) is 18.3 Å². The fourth-order valence-corrected chi connectivity index (χ4v) is 10.4. The van der Waals surface area contributed by atoms with E-state index in [1.807, 2.05) is 36.4 Å². The minimum atomic E-state index is -2.96. The molecule has 3 heterocycles. The van der Waals surface area contributed by atoms with Crippen LogP contribution in [0.5, 0.6) is 0 Å². The molecular weight excluding hydrogens is 516 g/mol. The van der Waals surface area contributed by atoms with Gasteiger partial charge >= 0.3 is 5.69 Å². The van der Waals surface area contributed by atoms with Crippen molar-refractivity contribution in [2.24, 2.45) is 0 Å². The summed E-state index contributed by atoms with van der Waals surface area (Å²) in [7, 11) is -2.96. The van der Waals surface area contributed by atoms with E-state index in [9.17, 15) is 14.7 Å². The van der Waals surface area contributed by atoms with E-state index in [0.29, 0.717) is 5.69 Å². The Hall–Kier alpha value is -2.86. The quantitative estimate of drug-likeness (QED) is 0.432. The zero-order valence-corrected chi connectivity index (χ0v) is 23.9. The number of H-pyrrole nitrogens is 1. The zero-order chi connectivity index (χ0) is 28.0. The van der Waals surface area contributed by atoms with E-state index in [0.717, 1.165) is 10.4 Å². The lowest BCUT2D eigenvalue weighted by atomic mass is 10.1. The largest absolute Gasteiger partial charge is 0.402 e. The molecule has 4 atom stereocenters. The van der Waals surface area contributed by atoms with E-state index in [4.69, 9.17) is 18.6 Å². The Kier molecular flexibility index (Phi) is 7.29. The summed E-state index contributed by atoms with van der Waals surface area (Å²) in [6.07, 6.45) is -2.84. The standard InChI is InChI=1S/C29H36N2O7Si/c1-28(2,3)39(20-12-8-6-9-13-20,21-14-10-7-11-15-21)35-18-19-16-23(33)30-27(34)31(19)26-25-24(22(17-32)36-26)37-29(4,5)38-25/h6-16,22,24-26,32H,17-18H2,1-5H3,(H,30,33,34)/t22-,24-,25-,26-/m1/s1. The Morgan fingerprint density at radius 3 is 2.08 bits per heavy atom. The Bertz CT molecular complexity index is 1380. The maximum atomic E-state index is 13.3. The SMILES string of the molecule is CC1(C)O[C@@H]2[C@H](O1)[C@@H](CO)O[C@H]2n1c(CO[Si](c2ccccc2)(c2ccccc2)C(C)(C)C)cc(=O)[nH]c1=O. The van der Waals surface area contributed by atoms with E-state index in [1.54, 1.807) is 13.8 Å². The van der Waals surface area contributed by atoms with Gasteiger partial charge < -0.3 is 23.7 Å². The van der Waals surface area contributed by atoms with Gasteiger partial charge in [0.25, 0.3) is 13.9 Å². The molecule has 0 saturated carbocycles. The summed E-state index contributed by atoms with van der Waals surface area (Å²) in [5.74, 6) is -0.915. The van der Waals surface area contributed by atoms with Gasteiger partial charge in [0.05, 0.1) is 18.9 Å². The monoisotopic (exact) mass is 552 g/mol. The van der Waals surface area contributed by atoms with Crippen molar-refractivity contribution in [3.63, 3.8) is 0 Å². The Morgan fingerprint density at radius 2 is 1.54 bits per heavy atom. The average Bonchev–Trinajstić information content (AvgIpc) is 3.37. The van der Waals surface area contributed by atoms with Gasteiger partial charge in [-0.1, -0.05) is 81.4 Å². The molecule has 9 nitrogen and oxygen atoms in total. The summed E-state index contributed by atoms with van der Waals surface area (Å²) in [5, 5.41) is 11.8. The lowest BCUT2D eigenvalue weighted by molar-refractivity contribution is -0.201. The normalized spacial score (nSPS) is 24.6. The first-order chi connectivity index (χ1) is 18.5. The lowest BCUT2D eigenvalue weighted by Crippen LogP contribution is -2.66. The third kappa shape index (κ3) is 4.97. The van der Waals surface area contributed by atoms with Crippen molar-refractivity contribution < 1.29 is 23.7 Å². The average molecular weight is 553 g/mol. The van der Waals surface area contributed by atoms with E-state index in [1.165, 1.54) is 10.6 Å². The number of nitrogens with one attached hydrogen (secondary N) is 1. The van der Waals surface area contributed by atoms with Crippen LogP contribution in [-0.2, 0) is 25.2 Å². The molecule has 2 N–H and O–H groups in total. The summed E-state index contributed by atoms with van der Waals surface area (Å²) in [5.41, 5.74) is -0.818. The van der Waals surface area contributed by atoms with Crippen LogP contribution in [0.15, 0.2) is 76.3 Å². The second kappa shape index (κ2) is 10.3. The highest BCUT2D eigenvalue weighted by Gasteiger charge is 2.56. The van der Waals surface area contributed by atoms with Crippen molar-refractivity contribution in [3.05, 3.63) is 93.3 Å². The molecule has 0 unspecified atom stereocenters. The highest BCUT2D eigenvalue weighted by molar-refractivity contribution is 6.99. The summed E-state index contributed by atoms with van der Waals surface area (Å²) >= 11 is 0. The number of nitrogens with zero attached hydrogens (tertiary/aromatic N) is 1. The molecule has 2 aromatic carbocycles. The van der Waals surface area contributed by atoms with Crippen LogP contribution < -0.4 is 21.6 Å². The Labute approximate surface area is 228 Å². The Morgan fingerprint density at radius 1 is 0.974 bits per heavy atom. The third-order valence-corrected chi connectivity index (χ3v) is 12.5. The summed E-state index contributed by atoms with van der Waals surface area (Å²) in [6, 6.07) is 21.6. The number of aliphatic hydroxyl groups is 1. The number of hydrogen-bond donors (Lipinski definition) is 2. The number of rotatable bonds is 7. The molecule has 10 heteroatoms. The molecule has 2 saturated heterocycles. The summed E-state index contributed by atoms with van der Waals surface area (Å²) in [6.45, 7) is 9.71. The molecule has 0 radical (unpaired) electrons. The lowest BCUT2D eigenvalue weighted by Gasteiger charge is -2.43. The first-order valence-corrected chi connectivity index (χ1v) is 15.1. The van der Waals surface area contributed by atoms with Crippen molar-refractivity contribution in [1.29, 1.82) is 0 Å². The van der Waals surface area contributed by atoms with Gasteiger partial charge in [-0.3, -0.25) is 14.3 Å². The van der Waals surface area contributed by atoms with Crippen LogP contribution in [-0.4, -0.2) is 53.7 Å². The van der Waals surface area contributed by atoms with Crippen LogP contribution in [0.4, 0.5) is 0 Å². The molecule has 0 spiro atoms. The first kappa shape index (κ1) is 27.7. The van der Waals surface area contributed by atoms with Crippen LogP contribution in [0.25, 0.3) is 0 Å². The van der Waals surface area contributed by atoms with Gasteiger partial charge in [-0.2, -0.15) is 0 Å². The maximum Gasteiger partial charge on any atom is 0.330 e. The summed E-state index contributed by atoms with van der Waals surface area (Å²) in [4.78, 5) is 28.2. The molecule has 208 valence electrons. The fraction of sp³-hybridized carbons (Fsp3) is 0.448. The molecule has 2 aliphatic rings. The van der Waals surface area contributed by atoms with Crippen LogP contribution in [0.3, 0.4) is 0 Å². The molecular formula is C29H36N2O7Si. The molecule has 2 aliphatic heterocycles. The van der Waals surface area contributed by atoms with Gasteiger partial charge in [-0.15, -0.1) is 0 Å². The second-order valence-corrected chi connectivity index (χ2v) is 15.9. The number of aromatic nitrogens is 2. The highest BCUT2D eigenvalue weighted by Crippen LogP contribution is 2.43. The number of benzene rings is 2. The van der Waals surface area contributed by atoms with Gasteiger partial charge in [0, 0.05) is 6.07 Å². The van der Waals surface area contributed by atoms with Gasteiger partial charge in [-0.25, -0.2) is 4.79 Å². The zero-order valence-electron chi connectivity index (χ0n) is 22.9.